The lowest BCUT2D eigenvalue weighted by Crippen LogP contribution is -2.37. The Hall–Kier alpha value is -2.29. The molecule has 10 heteroatoms. The van der Waals surface area contributed by atoms with Crippen LogP contribution in [0.3, 0.4) is 0 Å². The van der Waals surface area contributed by atoms with E-state index in [-0.39, 0.29) is 26.1 Å². The molecule has 1 N–H and O–H groups in total. The van der Waals surface area contributed by atoms with Gasteiger partial charge in [0.05, 0.1) is 27.7 Å². The van der Waals surface area contributed by atoms with Gasteiger partial charge in [-0.3, -0.25) is 18.6 Å². The molecule has 0 aliphatic carbocycles. The summed E-state index contributed by atoms with van der Waals surface area (Å²) in [5.41, 5.74) is 0. The Kier molecular flexibility index (Phi) is 34.8. The Morgan fingerprint density at radius 2 is 1.06 bits per heavy atom. The largest absolute Gasteiger partial charge is 0.472 e. The van der Waals surface area contributed by atoms with Crippen LogP contribution < -0.4 is 0 Å². The van der Waals surface area contributed by atoms with Crippen LogP contribution in [-0.2, 0) is 32.7 Å². The van der Waals surface area contributed by atoms with Crippen molar-refractivity contribution in [3.63, 3.8) is 0 Å². The minimum atomic E-state index is -4.39. The van der Waals surface area contributed by atoms with E-state index in [1.807, 2.05) is 21.1 Å². The van der Waals surface area contributed by atoms with E-state index < -0.39 is 32.5 Å². The number of allylic oxidation sites excluding steroid dienone is 10. The maximum absolute atomic E-state index is 12.6. The molecule has 0 bridgehead atoms. The first kappa shape index (κ1) is 51.7. The van der Waals surface area contributed by atoms with E-state index in [1.54, 1.807) is 0 Å². The lowest BCUT2D eigenvalue weighted by atomic mass is 10.1. The van der Waals surface area contributed by atoms with Crippen molar-refractivity contribution >= 4 is 19.8 Å². The minimum absolute atomic E-state index is 0.0198. The van der Waals surface area contributed by atoms with Crippen LogP contribution in [0.1, 0.15) is 155 Å². The number of carbonyl (C=O) groups excluding carboxylic acids is 2. The van der Waals surface area contributed by atoms with Crippen molar-refractivity contribution in [1.82, 2.24) is 0 Å². The molecule has 0 aliphatic rings. The number of unbranched alkanes of at least 4 members (excludes halogenated alkanes) is 13. The highest BCUT2D eigenvalue weighted by Crippen LogP contribution is 2.43. The van der Waals surface area contributed by atoms with Crippen LogP contribution in [0.2, 0.25) is 0 Å². The predicted octanol–water partition coefficient (Wildman–Crippen LogP) is 11.7. The molecule has 0 aromatic heterocycles. The van der Waals surface area contributed by atoms with Crippen LogP contribution in [0.25, 0.3) is 0 Å². The smallest absolute Gasteiger partial charge is 0.462 e. The van der Waals surface area contributed by atoms with Crippen molar-refractivity contribution < 1.29 is 42.1 Å². The van der Waals surface area contributed by atoms with E-state index in [4.69, 9.17) is 18.5 Å². The van der Waals surface area contributed by atoms with E-state index in [1.165, 1.54) is 44.9 Å². The second kappa shape index (κ2) is 36.4. The molecule has 0 aliphatic heterocycles. The maximum atomic E-state index is 12.6. The molecule has 9 nitrogen and oxygen atoms in total. The van der Waals surface area contributed by atoms with Gasteiger partial charge in [-0.25, -0.2) is 4.57 Å². The predicted molar refractivity (Wildman–Crippen MR) is 224 cm³/mol. The van der Waals surface area contributed by atoms with Gasteiger partial charge >= 0.3 is 19.8 Å². The highest BCUT2D eigenvalue weighted by atomic mass is 31.2. The summed E-state index contributed by atoms with van der Waals surface area (Å²) in [5.74, 6) is -0.862. The summed E-state index contributed by atoms with van der Waals surface area (Å²) in [6, 6.07) is 0. The second-order valence-electron chi connectivity index (χ2n) is 15.0. The van der Waals surface area contributed by atoms with Crippen LogP contribution >= 0.6 is 7.82 Å². The fourth-order valence-corrected chi connectivity index (χ4v) is 5.97. The molecule has 0 rings (SSSR count). The van der Waals surface area contributed by atoms with Gasteiger partial charge in [0.1, 0.15) is 19.8 Å². The summed E-state index contributed by atoms with van der Waals surface area (Å²) in [6.45, 7) is 4.22. The number of phosphoric acid groups is 1. The molecular weight excluding hydrogens is 701 g/mol. The molecule has 312 valence electrons. The van der Waals surface area contributed by atoms with Crippen molar-refractivity contribution in [3.8, 4) is 0 Å². The van der Waals surface area contributed by atoms with E-state index in [0.717, 1.165) is 77.0 Å². The van der Waals surface area contributed by atoms with Gasteiger partial charge in [0, 0.05) is 12.8 Å². The molecular formula is C44H79NO8P+. The van der Waals surface area contributed by atoms with Gasteiger partial charge in [-0.15, -0.1) is 0 Å². The number of nitrogens with zero attached hydrogens (tertiary/aromatic N) is 1. The van der Waals surface area contributed by atoms with Crippen LogP contribution in [0.5, 0.6) is 0 Å². The molecule has 0 fully saturated rings. The van der Waals surface area contributed by atoms with E-state index in [9.17, 15) is 19.0 Å². The zero-order valence-electron chi connectivity index (χ0n) is 34.9. The van der Waals surface area contributed by atoms with Crippen LogP contribution in [0.15, 0.2) is 60.8 Å². The minimum Gasteiger partial charge on any atom is -0.462 e. The van der Waals surface area contributed by atoms with Gasteiger partial charge in [0.25, 0.3) is 0 Å². The number of hydrogen-bond acceptors (Lipinski definition) is 7. The van der Waals surface area contributed by atoms with Crippen LogP contribution in [-0.4, -0.2) is 74.9 Å². The number of rotatable bonds is 37. The molecule has 1 unspecified atom stereocenters. The summed E-state index contributed by atoms with van der Waals surface area (Å²) in [6.07, 6.45) is 42.7. The van der Waals surface area contributed by atoms with Crippen molar-refractivity contribution in [2.75, 3.05) is 47.5 Å². The van der Waals surface area contributed by atoms with Gasteiger partial charge in [-0.05, 0) is 77.0 Å². The van der Waals surface area contributed by atoms with E-state index in [0.29, 0.717) is 17.4 Å². The Labute approximate surface area is 330 Å². The number of hydrogen-bond donors (Lipinski definition) is 1. The Bertz CT molecular complexity index is 1110. The Morgan fingerprint density at radius 1 is 0.593 bits per heavy atom. The highest BCUT2D eigenvalue weighted by molar-refractivity contribution is 7.47. The van der Waals surface area contributed by atoms with Crippen molar-refractivity contribution in [2.24, 2.45) is 0 Å². The summed E-state index contributed by atoms with van der Waals surface area (Å²) in [4.78, 5) is 35.3. The lowest BCUT2D eigenvalue weighted by Gasteiger charge is -2.24. The molecule has 0 aromatic carbocycles. The monoisotopic (exact) mass is 781 g/mol. The summed E-state index contributed by atoms with van der Waals surface area (Å²) >= 11 is 0. The number of carbonyl (C=O) groups is 2. The molecule has 0 radical (unpaired) electrons. The third-order valence-electron chi connectivity index (χ3n) is 8.53. The molecule has 0 saturated heterocycles. The van der Waals surface area contributed by atoms with Gasteiger partial charge in [-0.2, -0.15) is 0 Å². The SMILES string of the molecule is CC/C=C/C/C=C/C/C=C/C/C=C/CCCCC(=O)O[C@H](COC(=O)CCCCCCC/C=C/CCCCCCCC)COP(=O)(O)OCC[N+](C)(C)C. The van der Waals surface area contributed by atoms with E-state index >= 15 is 0 Å². The van der Waals surface area contributed by atoms with Gasteiger partial charge < -0.3 is 18.9 Å². The van der Waals surface area contributed by atoms with Crippen LogP contribution in [0.4, 0.5) is 0 Å². The first-order valence-electron chi connectivity index (χ1n) is 21.0. The lowest BCUT2D eigenvalue weighted by molar-refractivity contribution is -0.870. The van der Waals surface area contributed by atoms with Gasteiger partial charge in [0.15, 0.2) is 6.10 Å². The first-order chi connectivity index (χ1) is 26.0. The molecule has 0 spiro atoms. The number of phosphoric ester groups is 1. The summed E-state index contributed by atoms with van der Waals surface area (Å²) in [5, 5.41) is 0. The highest BCUT2D eigenvalue weighted by Gasteiger charge is 2.27. The van der Waals surface area contributed by atoms with Crippen LogP contribution in [0, 0.1) is 0 Å². The topological polar surface area (TPSA) is 108 Å². The third kappa shape index (κ3) is 39.4. The number of esters is 2. The second-order valence-corrected chi connectivity index (χ2v) is 16.4. The molecule has 0 aromatic rings. The average molecular weight is 781 g/mol. The third-order valence-corrected chi connectivity index (χ3v) is 9.52. The Morgan fingerprint density at radius 3 is 1.63 bits per heavy atom. The molecule has 0 saturated carbocycles. The quantitative estimate of drug-likeness (QED) is 0.0218. The number of quaternary nitrogens is 1. The molecule has 54 heavy (non-hydrogen) atoms. The fraction of sp³-hybridized carbons (Fsp3) is 0.727. The normalized spacial score (nSPS) is 14.3. The number of ether oxygens (including phenoxy) is 2. The first-order valence-corrected chi connectivity index (χ1v) is 22.5. The van der Waals surface area contributed by atoms with Crippen molar-refractivity contribution in [1.29, 1.82) is 0 Å². The zero-order chi connectivity index (χ0) is 40.0. The molecule has 0 amide bonds. The summed E-state index contributed by atoms with van der Waals surface area (Å²) in [7, 11) is 1.43. The maximum Gasteiger partial charge on any atom is 0.472 e. The van der Waals surface area contributed by atoms with Gasteiger partial charge in [0.2, 0.25) is 0 Å². The molecule has 0 heterocycles. The standard InChI is InChI=1S/C44H78NO8P/c1-6-8-10-12-14-16-18-20-22-24-26-28-30-32-34-36-43(46)50-40-42(41-52-54(48,49)51-39-38-45(3,4)5)53-44(47)37-35-33-31-29-27-25-23-21-19-17-15-13-11-9-7-2/h9,11,15,17,20-23,27,29,42H,6-8,10,12-14,16,18-19,24-26,28,30-41H2,1-5H3/p+1/b11-9+,17-15+,22-20+,23-21+,29-27+/t42-/m1/s1. The number of likely N-dealkylation sites (N-methyl/N-ethyl adjacent to an activating group) is 1. The van der Waals surface area contributed by atoms with Crippen molar-refractivity contribution in [2.45, 2.75) is 161 Å². The zero-order valence-corrected chi connectivity index (χ0v) is 35.8. The molecule has 2 atom stereocenters. The fourth-order valence-electron chi connectivity index (χ4n) is 5.23. The van der Waals surface area contributed by atoms with E-state index in [2.05, 4.69) is 74.6 Å². The Balaban J connectivity index is 4.48. The average Bonchev–Trinajstić information content (AvgIpc) is 3.12. The van der Waals surface area contributed by atoms with Gasteiger partial charge in [-0.1, -0.05) is 126 Å². The van der Waals surface area contributed by atoms with Crippen molar-refractivity contribution in [3.05, 3.63) is 60.8 Å². The summed E-state index contributed by atoms with van der Waals surface area (Å²) < 4.78 is 34.2.